The number of methoxy groups -OCH3 is 2. The van der Waals surface area contributed by atoms with Gasteiger partial charge in [0, 0.05) is 5.56 Å². The average Bonchev–Trinajstić information content (AvgIpc) is 2.96. The molecular weight excluding hydrogens is 523 g/mol. The largest absolute Gasteiger partial charge is 0.493 e. The van der Waals surface area contributed by atoms with Crippen LogP contribution in [0.4, 0.5) is 10.1 Å². The summed E-state index contributed by atoms with van der Waals surface area (Å²) in [5, 5.41) is 8.83. The average molecular weight is 553 g/mol. The SMILES string of the molecule is CCOc1cc(/C=N/NC(=O)CNC(=O)c2ccc(OC)c(OC)c2)ccc1OCC(=O)Nc1ccccc1F. The second-order valence-corrected chi connectivity index (χ2v) is 8.00. The summed E-state index contributed by atoms with van der Waals surface area (Å²) in [4.78, 5) is 36.6. The zero-order chi connectivity index (χ0) is 28.9. The van der Waals surface area contributed by atoms with E-state index in [2.05, 4.69) is 21.2 Å². The lowest BCUT2D eigenvalue weighted by atomic mass is 10.2. The van der Waals surface area contributed by atoms with Crippen LogP contribution in [0.3, 0.4) is 0 Å². The summed E-state index contributed by atoms with van der Waals surface area (Å²) in [7, 11) is 2.94. The van der Waals surface area contributed by atoms with Crippen LogP contribution in [0.15, 0.2) is 65.8 Å². The van der Waals surface area contributed by atoms with Crippen molar-refractivity contribution in [3.05, 3.63) is 77.6 Å². The van der Waals surface area contributed by atoms with Gasteiger partial charge in [0.1, 0.15) is 5.82 Å². The monoisotopic (exact) mass is 552 g/mol. The van der Waals surface area contributed by atoms with Gasteiger partial charge in [-0.2, -0.15) is 5.10 Å². The van der Waals surface area contributed by atoms with Crippen LogP contribution in [-0.4, -0.2) is 57.9 Å². The first kappa shape index (κ1) is 29.4. The molecule has 0 aliphatic carbocycles. The fourth-order valence-corrected chi connectivity index (χ4v) is 3.34. The normalized spacial score (nSPS) is 10.5. The fourth-order valence-electron chi connectivity index (χ4n) is 3.34. The Balaban J connectivity index is 1.51. The highest BCUT2D eigenvalue weighted by Crippen LogP contribution is 2.29. The maximum atomic E-state index is 13.7. The summed E-state index contributed by atoms with van der Waals surface area (Å²) < 4.78 is 35.2. The van der Waals surface area contributed by atoms with Crippen molar-refractivity contribution >= 4 is 29.6 Å². The quantitative estimate of drug-likeness (QED) is 0.219. The molecule has 3 aromatic rings. The number of anilines is 1. The van der Waals surface area contributed by atoms with Crippen LogP contribution >= 0.6 is 0 Å². The van der Waals surface area contributed by atoms with E-state index in [-0.39, 0.29) is 18.8 Å². The second-order valence-electron chi connectivity index (χ2n) is 8.00. The van der Waals surface area contributed by atoms with Crippen molar-refractivity contribution in [3.8, 4) is 23.0 Å². The minimum absolute atomic E-state index is 0.0512. The lowest BCUT2D eigenvalue weighted by Crippen LogP contribution is -2.34. The summed E-state index contributed by atoms with van der Waals surface area (Å²) in [6.45, 7) is 1.43. The molecule has 11 nitrogen and oxygen atoms in total. The molecule has 3 aromatic carbocycles. The number of para-hydroxylation sites is 1. The smallest absolute Gasteiger partial charge is 0.262 e. The van der Waals surface area contributed by atoms with Crippen molar-refractivity contribution in [2.45, 2.75) is 6.92 Å². The number of amides is 3. The van der Waals surface area contributed by atoms with E-state index in [4.69, 9.17) is 18.9 Å². The number of hydrogen-bond donors (Lipinski definition) is 3. The molecule has 3 rings (SSSR count). The summed E-state index contributed by atoms with van der Waals surface area (Å²) in [5.74, 6) is -0.610. The molecule has 3 N–H and O–H groups in total. The molecule has 0 heterocycles. The van der Waals surface area contributed by atoms with Gasteiger partial charge in [0.15, 0.2) is 29.6 Å². The van der Waals surface area contributed by atoms with Gasteiger partial charge in [0.2, 0.25) is 0 Å². The molecule has 0 aliphatic rings. The topological polar surface area (TPSA) is 137 Å². The zero-order valence-electron chi connectivity index (χ0n) is 22.2. The molecule has 0 saturated heterocycles. The number of nitrogens with zero attached hydrogens (tertiary/aromatic N) is 1. The van der Waals surface area contributed by atoms with Gasteiger partial charge in [0.05, 0.1) is 39.3 Å². The van der Waals surface area contributed by atoms with Crippen LogP contribution in [0.2, 0.25) is 0 Å². The van der Waals surface area contributed by atoms with Crippen molar-refractivity contribution in [1.82, 2.24) is 10.7 Å². The molecule has 0 fully saturated rings. The van der Waals surface area contributed by atoms with Crippen LogP contribution in [0.5, 0.6) is 23.0 Å². The maximum Gasteiger partial charge on any atom is 0.262 e. The number of rotatable bonds is 13. The van der Waals surface area contributed by atoms with E-state index >= 15 is 0 Å². The molecular formula is C28H29FN4O7. The standard InChI is InChI=1S/C28H29FN4O7/c1-4-39-25-13-18(9-11-23(25)40-17-27(35)32-21-8-6-5-7-20(21)29)15-31-33-26(34)16-30-28(36)19-10-12-22(37-2)24(14-19)38-3/h5-15H,4,16-17H2,1-3H3,(H,30,36)(H,32,35)(H,33,34)/b31-15+. The van der Waals surface area contributed by atoms with E-state index in [1.54, 1.807) is 43.3 Å². The number of halogens is 1. The van der Waals surface area contributed by atoms with Crippen molar-refractivity contribution in [3.63, 3.8) is 0 Å². The molecule has 0 unspecified atom stereocenters. The Hall–Kier alpha value is -5.13. The molecule has 3 amide bonds. The number of hydrogen-bond acceptors (Lipinski definition) is 8. The Morgan fingerprint density at radius 2 is 1.62 bits per heavy atom. The Bertz CT molecular complexity index is 1380. The first-order valence-electron chi connectivity index (χ1n) is 12.1. The third-order valence-electron chi connectivity index (χ3n) is 5.23. The third kappa shape index (κ3) is 8.45. The molecule has 0 atom stereocenters. The van der Waals surface area contributed by atoms with Gasteiger partial charge in [-0.1, -0.05) is 12.1 Å². The number of nitrogens with one attached hydrogen (secondary N) is 3. The van der Waals surface area contributed by atoms with Gasteiger partial charge in [-0.15, -0.1) is 0 Å². The molecule has 0 aliphatic heterocycles. The van der Waals surface area contributed by atoms with E-state index in [1.165, 1.54) is 44.7 Å². The van der Waals surface area contributed by atoms with Crippen LogP contribution in [0, 0.1) is 5.82 Å². The van der Waals surface area contributed by atoms with Gasteiger partial charge in [-0.25, -0.2) is 9.82 Å². The number of carbonyl (C=O) groups excluding carboxylic acids is 3. The maximum absolute atomic E-state index is 13.7. The Morgan fingerprint density at radius 3 is 2.35 bits per heavy atom. The van der Waals surface area contributed by atoms with Crippen molar-refractivity contribution in [2.75, 3.05) is 39.3 Å². The Labute approximate surface area is 230 Å². The molecule has 40 heavy (non-hydrogen) atoms. The number of hydrazone groups is 1. The highest BCUT2D eigenvalue weighted by atomic mass is 19.1. The van der Waals surface area contributed by atoms with Crippen molar-refractivity contribution in [1.29, 1.82) is 0 Å². The van der Waals surface area contributed by atoms with Gasteiger partial charge in [0.25, 0.3) is 17.7 Å². The van der Waals surface area contributed by atoms with Gasteiger partial charge < -0.3 is 29.6 Å². The lowest BCUT2D eigenvalue weighted by Gasteiger charge is -2.13. The first-order chi connectivity index (χ1) is 19.3. The number of carbonyl (C=O) groups is 3. The molecule has 210 valence electrons. The predicted octanol–water partition coefficient (Wildman–Crippen LogP) is 3.14. The summed E-state index contributed by atoms with van der Waals surface area (Å²) in [6, 6.07) is 15.3. The van der Waals surface area contributed by atoms with Crippen molar-refractivity contribution in [2.24, 2.45) is 5.10 Å². The molecule has 0 radical (unpaired) electrons. The highest BCUT2D eigenvalue weighted by molar-refractivity contribution is 5.97. The number of ether oxygens (including phenoxy) is 4. The molecule has 0 spiro atoms. The van der Waals surface area contributed by atoms with E-state index < -0.39 is 23.5 Å². The van der Waals surface area contributed by atoms with E-state index in [0.29, 0.717) is 40.7 Å². The number of benzene rings is 3. The summed E-state index contributed by atoms with van der Waals surface area (Å²) in [6.07, 6.45) is 1.38. The van der Waals surface area contributed by atoms with Gasteiger partial charge >= 0.3 is 0 Å². The third-order valence-corrected chi connectivity index (χ3v) is 5.23. The molecule has 0 aromatic heterocycles. The van der Waals surface area contributed by atoms with Gasteiger partial charge in [-0.3, -0.25) is 14.4 Å². The fraction of sp³-hybridized carbons (Fsp3) is 0.214. The van der Waals surface area contributed by atoms with Crippen molar-refractivity contribution < 1.29 is 37.7 Å². The Kier molecular flexibility index (Phi) is 10.8. The zero-order valence-corrected chi connectivity index (χ0v) is 22.2. The summed E-state index contributed by atoms with van der Waals surface area (Å²) in [5.41, 5.74) is 3.25. The minimum atomic E-state index is -0.554. The minimum Gasteiger partial charge on any atom is -0.493 e. The van der Waals surface area contributed by atoms with E-state index in [1.807, 2.05) is 0 Å². The summed E-state index contributed by atoms with van der Waals surface area (Å²) >= 11 is 0. The molecule has 0 saturated carbocycles. The van der Waals surface area contributed by atoms with E-state index in [9.17, 15) is 18.8 Å². The highest BCUT2D eigenvalue weighted by Gasteiger charge is 2.13. The predicted molar refractivity (Wildman–Crippen MR) is 146 cm³/mol. The van der Waals surface area contributed by atoms with Crippen LogP contribution < -0.4 is 35.0 Å². The van der Waals surface area contributed by atoms with Gasteiger partial charge in [-0.05, 0) is 61.0 Å². The molecule has 12 heteroatoms. The van der Waals surface area contributed by atoms with Crippen LogP contribution in [0.25, 0.3) is 0 Å². The van der Waals surface area contributed by atoms with E-state index in [0.717, 1.165) is 0 Å². The van der Waals surface area contributed by atoms with Crippen LogP contribution in [0.1, 0.15) is 22.8 Å². The Morgan fingerprint density at radius 1 is 0.875 bits per heavy atom. The first-order valence-corrected chi connectivity index (χ1v) is 12.1. The van der Waals surface area contributed by atoms with Crippen LogP contribution in [-0.2, 0) is 9.59 Å². The lowest BCUT2D eigenvalue weighted by molar-refractivity contribution is -0.120. The molecule has 0 bridgehead atoms. The second kappa shape index (κ2) is 14.7.